The molecule has 2 aromatic carbocycles. The lowest BCUT2D eigenvalue weighted by Crippen LogP contribution is -2.25. The fourth-order valence-electron chi connectivity index (χ4n) is 3.24. The van der Waals surface area contributed by atoms with E-state index in [0.29, 0.717) is 16.8 Å². The third-order valence-corrected chi connectivity index (χ3v) is 5.38. The van der Waals surface area contributed by atoms with Crippen LogP contribution in [0.1, 0.15) is 44.7 Å². The molecular weight excluding hydrogens is 438 g/mol. The van der Waals surface area contributed by atoms with Gasteiger partial charge in [-0.15, -0.1) is 0 Å². The molecule has 0 saturated heterocycles. The number of carbonyl (C=O) groups is 2. The van der Waals surface area contributed by atoms with Gasteiger partial charge in [-0.3, -0.25) is 14.6 Å². The molecule has 0 aliphatic heterocycles. The number of halogens is 4. The van der Waals surface area contributed by atoms with E-state index >= 15 is 0 Å². The van der Waals surface area contributed by atoms with Crippen molar-refractivity contribution in [3.8, 4) is 11.3 Å². The minimum absolute atomic E-state index is 0.126. The number of aromatic nitrogens is 1. The Morgan fingerprint density at radius 2 is 1.70 bits per heavy atom. The van der Waals surface area contributed by atoms with Crippen LogP contribution in [-0.2, 0) is 6.54 Å². The van der Waals surface area contributed by atoms with Gasteiger partial charge in [-0.25, -0.2) is 17.6 Å². The number of nitrogens with zero attached hydrogens (tertiary/aromatic N) is 1. The Morgan fingerprint density at radius 3 is 2.36 bits per heavy atom. The number of benzene rings is 2. The van der Waals surface area contributed by atoms with E-state index in [1.807, 2.05) is 0 Å². The second kappa shape index (κ2) is 9.01. The first-order chi connectivity index (χ1) is 15.7. The number of pyridine rings is 1. The van der Waals surface area contributed by atoms with Crippen LogP contribution in [0.2, 0.25) is 0 Å². The van der Waals surface area contributed by atoms with Crippen LogP contribution in [0.5, 0.6) is 0 Å². The smallest absolute Gasteiger partial charge is 0.253 e. The van der Waals surface area contributed by atoms with E-state index in [4.69, 9.17) is 0 Å². The Kier molecular flexibility index (Phi) is 6.13. The Hall–Kier alpha value is -3.75. The summed E-state index contributed by atoms with van der Waals surface area (Å²) < 4.78 is 54.5. The predicted octanol–water partition coefficient (Wildman–Crippen LogP) is 4.44. The molecule has 2 N–H and O–H groups in total. The number of nitrogens with one attached hydrogen (secondary N) is 2. The van der Waals surface area contributed by atoms with E-state index in [2.05, 4.69) is 15.6 Å². The van der Waals surface area contributed by atoms with Gasteiger partial charge in [0.2, 0.25) is 0 Å². The highest BCUT2D eigenvalue weighted by molar-refractivity contribution is 5.96. The van der Waals surface area contributed by atoms with Crippen molar-refractivity contribution in [2.24, 2.45) is 0 Å². The molecule has 1 aromatic heterocycles. The first-order valence-electron chi connectivity index (χ1n) is 10.2. The summed E-state index contributed by atoms with van der Waals surface area (Å²) in [4.78, 5) is 28.9. The van der Waals surface area contributed by atoms with Gasteiger partial charge in [0.15, 0.2) is 17.5 Å². The molecule has 0 unspecified atom stereocenters. The van der Waals surface area contributed by atoms with Crippen molar-refractivity contribution in [2.45, 2.75) is 32.4 Å². The molecule has 5 nitrogen and oxygen atoms in total. The molecule has 33 heavy (non-hydrogen) atoms. The molecule has 1 heterocycles. The average molecular weight is 457 g/mol. The van der Waals surface area contributed by atoms with Gasteiger partial charge in [0.1, 0.15) is 5.82 Å². The zero-order valence-corrected chi connectivity index (χ0v) is 17.5. The maximum Gasteiger partial charge on any atom is 0.253 e. The molecule has 0 atom stereocenters. The molecule has 170 valence electrons. The van der Waals surface area contributed by atoms with Crippen molar-refractivity contribution in [1.29, 1.82) is 0 Å². The molecule has 1 aliphatic rings. The quantitative estimate of drug-likeness (QED) is 0.425. The van der Waals surface area contributed by atoms with Crippen molar-refractivity contribution < 1.29 is 27.2 Å². The first kappa shape index (κ1) is 22.4. The van der Waals surface area contributed by atoms with Crippen LogP contribution in [0, 0.1) is 30.2 Å². The minimum Gasteiger partial charge on any atom is -0.349 e. The third-order valence-electron chi connectivity index (χ3n) is 5.38. The Morgan fingerprint density at radius 1 is 0.939 bits per heavy atom. The van der Waals surface area contributed by atoms with Gasteiger partial charge in [0, 0.05) is 35.5 Å². The van der Waals surface area contributed by atoms with Gasteiger partial charge in [-0.05, 0) is 55.7 Å². The normalized spacial score (nSPS) is 13.0. The summed E-state index contributed by atoms with van der Waals surface area (Å²) >= 11 is 0. The Balaban J connectivity index is 1.50. The second-order valence-corrected chi connectivity index (χ2v) is 7.83. The summed E-state index contributed by atoms with van der Waals surface area (Å²) in [5, 5.41) is 5.22. The zero-order chi connectivity index (χ0) is 23.7. The molecule has 3 aromatic rings. The fraction of sp³-hybridized carbons (Fsp3) is 0.208. The van der Waals surface area contributed by atoms with Crippen LogP contribution in [0.15, 0.2) is 42.6 Å². The maximum absolute atomic E-state index is 14.4. The lowest BCUT2D eigenvalue weighted by atomic mass is 10.00. The summed E-state index contributed by atoms with van der Waals surface area (Å²) in [6.07, 6.45) is 3.06. The molecule has 0 spiro atoms. The van der Waals surface area contributed by atoms with Crippen molar-refractivity contribution in [2.75, 3.05) is 0 Å². The molecule has 1 fully saturated rings. The van der Waals surface area contributed by atoms with Gasteiger partial charge in [0.25, 0.3) is 11.8 Å². The van der Waals surface area contributed by atoms with E-state index in [1.165, 1.54) is 24.4 Å². The van der Waals surface area contributed by atoms with Crippen LogP contribution >= 0.6 is 0 Å². The number of hydrogen-bond donors (Lipinski definition) is 2. The van der Waals surface area contributed by atoms with Gasteiger partial charge >= 0.3 is 0 Å². The van der Waals surface area contributed by atoms with E-state index in [9.17, 15) is 27.2 Å². The van der Waals surface area contributed by atoms with Crippen molar-refractivity contribution >= 4 is 11.8 Å². The molecule has 2 amide bonds. The largest absolute Gasteiger partial charge is 0.349 e. The van der Waals surface area contributed by atoms with Gasteiger partial charge in [-0.2, -0.15) is 0 Å². The van der Waals surface area contributed by atoms with Crippen LogP contribution in [-0.4, -0.2) is 22.8 Å². The lowest BCUT2D eigenvalue weighted by Gasteiger charge is -2.11. The average Bonchev–Trinajstić information content (AvgIpc) is 3.62. The summed E-state index contributed by atoms with van der Waals surface area (Å²) in [6.45, 7) is 1.21. The molecule has 0 radical (unpaired) electrons. The van der Waals surface area contributed by atoms with E-state index in [0.717, 1.165) is 25.0 Å². The highest BCUT2D eigenvalue weighted by Gasteiger charge is 2.25. The number of amides is 2. The maximum atomic E-state index is 14.4. The number of rotatable bonds is 6. The summed E-state index contributed by atoms with van der Waals surface area (Å²) in [7, 11) is 0. The van der Waals surface area contributed by atoms with E-state index < -0.39 is 29.2 Å². The molecular formula is C24H19F4N3O2. The van der Waals surface area contributed by atoms with Gasteiger partial charge in [0.05, 0.1) is 11.3 Å². The highest BCUT2D eigenvalue weighted by Crippen LogP contribution is 2.27. The molecule has 0 bridgehead atoms. The summed E-state index contributed by atoms with van der Waals surface area (Å²) in [5.74, 6) is -5.82. The topological polar surface area (TPSA) is 71.1 Å². The van der Waals surface area contributed by atoms with Crippen LogP contribution < -0.4 is 10.6 Å². The fourth-order valence-corrected chi connectivity index (χ4v) is 3.24. The summed E-state index contributed by atoms with van der Waals surface area (Å²) in [5.41, 5.74) is 1.16. The molecule has 9 heteroatoms. The van der Waals surface area contributed by atoms with Gasteiger partial charge < -0.3 is 10.6 Å². The van der Waals surface area contributed by atoms with Crippen molar-refractivity contribution in [3.05, 3.63) is 88.1 Å². The van der Waals surface area contributed by atoms with Crippen LogP contribution in [0.3, 0.4) is 0 Å². The lowest BCUT2D eigenvalue weighted by molar-refractivity contribution is 0.0942. The van der Waals surface area contributed by atoms with E-state index in [1.54, 1.807) is 13.0 Å². The Bertz CT molecular complexity index is 1240. The highest BCUT2D eigenvalue weighted by atomic mass is 19.2. The first-order valence-corrected chi connectivity index (χ1v) is 10.2. The number of hydrogen-bond acceptors (Lipinski definition) is 3. The van der Waals surface area contributed by atoms with E-state index in [-0.39, 0.29) is 35.2 Å². The molecule has 4 rings (SSSR count). The SMILES string of the molecule is Cc1c(F)cc(C(=O)NC2CC2)cc1-c1ccc(C(=O)NCc2ccc(F)c(F)c2F)cn1. The zero-order valence-electron chi connectivity index (χ0n) is 17.5. The molecule has 1 saturated carbocycles. The predicted molar refractivity (Wildman–Crippen MR) is 112 cm³/mol. The standard InChI is InChI=1S/C24H19F4N3O2/c1-12-17(8-15(9-19(12)26)24(33)31-16-4-5-16)20-7-3-14(11-29-20)23(32)30-10-13-2-6-18(25)22(28)21(13)27/h2-3,6-9,11,16H,4-5,10H2,1H3,(H,30,32)(H,31,33). The minimum atomic E-state index is -1.61. The van der Waals surface area contributed by atoms with Crippen molar-refractivity contribution in [3.63, 3.8) is 0 Å². The van der Waals surface area contributed by atoms with Crippen LogP contribution in [0.25, 0.3) is 11.3 Å². The molecule has 1 aliphatic carbocycles. The summed E-state index contributed by atoms with van der Waals surface area (Å²) in [6, 6.07) is 7.60. The number of carbonyl (C=O) groups excluding carboxylic acids is 2. The Labute approximate surface area is 186 Å². The van der Waals surface area contributed by atoms with Crippen molar-refractivity contribution in [1.82, 2.24) is 15.6 Å². The second-order valence-electron chi connectivity index (χ2n) is 7.83. The third kappa shape index (κ3) is 4.87. The van der Waals surface area contributed by atoms with Gasteiger partial charge in [-0.1, -0.05) is 6.07 Å². The monoisotopic (exact) mass is 457 g/mol. The van der Waals surface area contributed by atoms with Crippen LogP contribution in [0.4, 0.5) is 17.6 Å².